The number of hydrogen-bond donors (Lipinski definition) is 3. The molecule has 6 heteroatoms. The van der Waals surface area contributed by atoms with Gasteiger partial charge in [0.15, 0.2) is 0 Å². The number of aryl methyl sites for hydroxylation is 2. The Morgan fingerprint density at radius 2 is 1.65 bits per heavy atom. The zero-order valence-electron chi connectivity index (χ0n) is 14.8. The van der Waals surface area contributed by atoms with Gasteiger partial charge in [-0.15, -0.1) is 0 Å². The standard InChI is InChI=1S/C20H20N2O4/c1-11-7-14(8-12(2)18(11)23)22-17-16(19(24)20(17)25)21-10-13-5-4-6-15(9-13)26-3/h4-9,21-23H,10H2,1-3H3. The largest absolute Gasteiger partial charge is 0.507 e. The van der Waals surface area contributed by atoms with Crippen LogP contribution >= 0.6 is 0 Å². The van der Waals surface area contributed by atoms with Crippen molar-refractivity contribution < 1.29 is 9.84 Å². The van der Waals surface area contributed by atoms with E-state index < -0.39 is 10.9 Å². The number of ether oxygens (including phenoxy) is 1. The van der Waals surface area contributed by atoms with Gasteiger partial charge >= 0.3 is 0 Å². The summed E-state index contributed by atoms with van der Waals surface area (Å²) in [6, 6.07) is 10.9. The van der Waals surface area contributed by atoms with E-state index in [0.29, 0.717) is 23.4 Å². The molecule has 0 aliphatic heterocycles. The van der Waals surface area contributed by atoms with Crippen molar-refractivity contribution in [2.45, 2.75) is 20.4 Å². The predicted molar refractivity (Wildman–Crippen MR) is 103 cm³/mol. The molecular weight excluding hydrogens is 332 g/mol. The van der Waals surface area contributed by atoms with Gasteiger partial charge in [0.2, 0.25) is 0 Å². The van der Waals surface area contributed by atoms with Crippen LogP contribution in [-0.2, 0) is 6.54 Å². The summed E-state index contributed by atoms with van der Waals surface area (Å²) in [4.78, 5) is 23.9. The van der Waals surface area contributed by atoms with Gasteiger partial charge in [-0.25, -0.2) is 0 Å². The quantitative estimate of drug-likeness (QED) is 0.467. The highest BCUT2D eigenvalue weighted by molar-refractivity contribution is 5.79. The van der Waals surface area contributed by atoms with Crippen LogP contribution in [0.5, 0.6) is 11.5 Å². The first-order valence-electron chi connectivity index (χ1n) is 8.18. The summed E-state index contributed by atoms with van der Waals surface area (Å²) in [6.07, 6.45) is 0. The van der Waals surface area contributed by atoms with E-state index in [2.05, 4.69) is 10.6 Å². The van der Waals surface area contributed by atoms with E-state index in [1.54, 1.807) is 33.1 Å². The van der Waals surface area contributed by atoms with Crippen molar-refractivity contribution >= 4 is 17.1 Å². The van der Waals surface area contributed by atoms with Crippen LogP contribution < -0.4 is 26.2 Å². The van der Waals surface area contributed by atoms with Crippen LogP contribution in [0.25, 0.3) is 0 Å². The molecule has 0 unspecified atom stereocenters. The van der Waals surface area contributed by atoms with E-state index in [-0.39, 0.29) is 17.1 Å². The van der Waals surface area contributed by atoms with E-state index in [9.17, 15) is 14.7 Å². The summed E-state index contributed by atoms with van der Waals surface area (Å²) in [5.41, 5.74) is 2.37. The molecule has 6 nitrogen and oxygen atoms in total. The van der Waals surface area contributed by atoms with E-state index >= 15 is 0 Å². The number of rotatable bonds is 6. The van der Waals surface area contributed by atoms with E-state index in [4.69, 9.17) is 4.74 Å². The molecule has 0 bridgehead atoms. The highest BCUT2D eigenvalue weighted by Crippen LogP contribution is 2.28. The van der Waals surface area contributed by atoms with Crippen molar-refractivity contribution in [1.82, 2.24) is 0 Å². The Morgan fingerprint density at radius 3 is 2.31 bits per heavy atom. The molecule has 26 heavy (non-hydrogen) atoms. The molecule has 0 radical (unpaired) electrons. The van der Waals surface area contributed by atoms with Gasteiger partial charge in [-0.05, 0) is 54.8 Å². The van der Waals surface area contributed by atoms with Crippen LogP contribution in [0.1, 0.15) is 16.7 Å². The van der Waals surface area contributed by atoms with E-state index in [0.717, 1.165) is 11.3 Å². The molecule has 3 N–H and O–H groups in total. The first kappa shape index (κ1) is 17.5. The van der Waals surface area contributed by atoms with Crippen molar-refractivity contribution in [3.05, 3.63) is 73.5 Å². The summed E-state index contributed by atoms with van der Waals surface area (Å²) in [7, 11) is 1.59. The molecule has 0 fully saturated rings. The number of nitrogens with one attached hydrogen (secondary N) is 2. The fraction of sp³-hybridized carbons (Fsp3) is 0.200. The van der Waals surface area contributed by atoms with Gasteiger partial charge < -0.3 is 20.5 Å². The van der Waals surface area contributed by atoms with E-state index in [1.807, 2.05) is 24.3 Å². The maximum atomic E-state index is 11.9. The number of phenols is 1. The normalized spacial score (nSPS) is 10.7. The lowest BCUT2D eigenvalue weighted by atomic mass is 10.1. The van der Waals surface area contributed by atoms with Gasteiger partial charge in [0.05, 0.1) is 7.11 Å². The Labute approximate surface area is 150 Å². The smallest absolute Gasteiger partial charge is 0.253 e. The zero-order chi connectivity index (χ0) is 18.8. The summed E-state index contributed by atoms with van der Waals surface area (Å²) in [5, 5.41) is 15.9. The molecule has 0 saturated heterocycles. The second-order valence-corrected chi connectivity index (χ2v) is 6.20. The van der Waals surface area contributed by atoms with Crippen LogP contribution in [0.2, 0.25) is 0 Å². The van der Waals surface area contributed by atoms with Gasteiger partial charge in [0, 0.05) is 12.2 Å². The molecule has 0 amide bonds. The number of aromatic hydroxyl groups is 1. The number of methoxy groups -OCH3 is 1. The van der Waals surface area contributed by atoms with Crippen molar-refractivity contribution in [2.75, 3.05) is 17.7 Å². The third kappa shape index (κ3) is 3.26. The van der Waals surface area contributed by atoms with Crippen molar-refractivity contribution in [1.29, 1.82) is 0 Å². The van der Waals surface area contributed by atoms with Gasteiger partial charge in [-0.3, -0.25) is 9.59 Å². The maximum Gasteiger partial charge on any atom is 0.253 e. The van der Waals surface area contributed by atoms with Gasteiger partial charge in [-0.1, -0.05) is 12.1 Å². The molecule has 3 aromatic rings. The zero-order valence-corrected chi connectivity index (χ0v) is 14.8. The van der Waals surface area contributed by atoms with Gasteiger partial charge in [-0.2, -0.15) is 0 Å². The van der Waals surface area contributed by atoms with Gasteiger partial charge in [0.1, 0.15) is 22.9 Å². The Morgan fingerprint density at radius 1 is 1.00 bits per heavy atom. The number of phenolic OH excluding ortho intramolecular Hbond substituents is 1. The van der Waals surface area contributed by atoms with Crippen molar-refractivity contribution in [3.63, 3.8) is 0 Å². The Balaban J connectivity index is 1.79. The molecule has 0 heterocycles. The SMILES string of the molecule is COc1cccc(CNc2c(Nc3cc(C)c(O)c(C)c3)c(=O)c2=O)c1. The van der Waals surface area contributed by atoms with Gasteiger partial charge in [0.25, 0.3) is 10.9 Å². The number of anilines is 3. The summed E-state index contributed by atoms with van der Waals surface area (Å²) >= 11 is 0. The fourth-order valence-electron chi connectivity index (χ4n) is 2.82. The molecule has 0 atom stereocenters. The molecular formula is C20H20N2O4. The highest BCUT2D eigenvalue weighted by atomic mass is 16.5. The third-order valence-corrected chi connectivity index (χ3v) is 4.27. The van der Waals surface area contributed by atoms with Crippen molar-refractivity contribution in [3.8, 4) is 11.5 Å². The van der Waals surface area contributed by atoms with Crippen LogP contribution in [0.4, 0.5) is 17.1 Å². The minimum atomic E-state index is -0.554. The minimum Gasteiger partial charge on any atom is -0.507 e. The second-order valence-electron chi connectivity index (χ2n) is 6.20. The first-order valence-corrected chi connectivity index (χ1v) is 8.18. The minimum absolute atomic E-state index is 0.219. The Hall–Kier alpha value is -3.28. The summed E-state index contributed by atoms with van der Waals surface area (Å²) in [6.45, 7) is 3.94. The maximum absolute atomic E-state index is 11.9. The predicted octanol–water partition coefficient (Wildman–Crippen LogP) is 2.97. The van der Waals surface area contributed by atoms with Crippen molar-refractivity contribution in [2.24, 2.45) is 0 Å². The fourth-order valence-corrected chi connectivity index (χ4v) is 2.82. The lowest BCUT2D eigenvalue weighted by molar-refractivity contribution is 0.414. The monoisotopic (exact) mass is 352 g/mol. The molecule has 0 saturated carbocycles. The molecule has 0 aromatic heterocycles. The number of benzene rings is 2. The van der Waals surface area contributed by atoms with E-state index in [1.165, 1.54) is 0 Å². The topological polar surface area (TPSA) is 87.7 Å². The van der Waals surface area contributed by atoms with Crippen LogP contribution in [0, 0.1) is 13.8 Å². The summed E-state index contributed by atoms with van der Waals surface area (Å²) in [5.74, 6) is 0.944. The molecule has 3 rings (SSSR count). The Kier molecular flexibility index (Phi) is 4.67. The summed E-state index contributed by atoms with van der Waals surface area (Å²) < 4.78 is 5.18. The van der Waals surface area contributed by atoms with Crippen LogP contribution in [0.15, 0.2) is 46.0 Å². The lowest BCUT2D eigenvalue weighted by Gasteiger charge is -2.16. The highest BCUT2D eigenvalue weighted by Gasteiger charge is 2.21. The molecule has 3 aromatic carbocycles. The average molecular weight is 352 g/mol. The van der Waals surface area contributed by atoms with Crippen LogP contribution in [-0.4, -0.2) is 12.2 Å². The number of hydrogen-bond acceptors (Lipinski definition) is 6. The third-order valence-electron chi connectivity index (χ3n) is 4.27. The Bertz CT molecular complexity index is 1010. The second kappa shape index (κ2) is 6.92. The van der Waals surface area contributed by atoms with Crippen LogP contribution in [0.3, 0.4) is 0 Å². The molecule has 0 aliphatic rings. The lowest BCUT2D eigenvalue weighted by Crippen LogP contribution is -2.36. The first-order chi connectivity index (χ1) is 12.4. The molecule has 134 valence electrons. The average Bonchev–Trinajstić information content (AvgIpc) is 2.65. The molecule has 0 aliphatic carbocycles. The molecule has 0 spiro atoms.